The van der Waals surface area contributed by atoms with Crippen LogP contribution >= 0.6 is 11.6 Å². The maximum Gasteiger partial charge on any atom is 0.229 e. The number of hydrogen-bond donors (Lipinski definition) is 1. The summed E-state index contributed by atoms with van der Waals surface area (Å²) in [4.78, 5) is 13.9. The lowest BCUT2D eigenvalue weighted by Gasteiger charge is -2.35. The molecule has 4 rings (SSSR count). The van der Waals surface area contributed by atoms with Crippen molar-refractivity contribution in [2.24, 2.45) is 0 Å². The first-order valence-corrected chi connectivity index (χ1v) is 9.92. The average molecular weight is 394 g/mol. The van der Waals surface area contributed by atoms with E-state index in [9.17, 15) is 0 Å². The van der Waals surface area contributed by atoms with Crippen molar-refractivity contribution >= 4 is 29.1 Å². The topological polar surface area (TPSA) is 44.3 Å². The Kier molecular flexibility index (Phi) is 5.74. The quantitative estimate of drug-likeness (QED) is 0.691. The summed E-state index contributed by atoms with van der Waals surface area (Å²) in [6, 6.07) is 18.4. The van der Waals surface area contributed by atoms with Crippen LogP contribution in [0.3, 0.4) is 0 Å². The number of halogens is 1. The predicted octanol–water partition coefficient (Wildman–Crippen LogP) is 4.50. The third-order valence-corrected chi connectivity index (χ3v) is 5.27. The Morgan fingerprint density at radius 1 is 1.00 bits per heavy atom. The molecule has 0 unspecified atom stereocenters. The summed E-state index contributed by atoms with van der Waals surface area (Å²) in [6.45, 7) is 7.00. The van der Waals surface area contributed by atoms with Crippen molar-refractivity contribution in [1.82, 2.24) is 14.9 Å². The molecular formula is C22H24ClN5. The van der Waals surface area contributed by atoms with Gasteiger partial charge in [0.25, 0.3) is 0 Å². The zero-order valence-corrected chi connectivity index (χ0v) is 16.7. The van der Waals surface area contributed by atoms with Crippen LogP contribution in [-0.2, 0) is 6.54 Å². The van der Waals surface area contributed by atoms with Crippen LogP contribution in [0.5, 0.6) is 0 Å². The van der Waals surface area contributed by atoms with E-state index in [1.165, 1.54) is 5.56 Å². The van der Waals surface area contributed by atoms with Gasteiger partial charge in [0.05, 0.1) is 0 Å². The fourth-order valence-corrected chi connectivity index (χ4v) is 3.58. The van der Waals surface area contributed by atoms with E-state index in [4.69, 9.17) is 16.6 Å². The van der Waals surface area contributed by atoms with Gasteiger partial charge in [-0.3, -0.25) is 4.90 Å². The first kappa shape index (κ1) is 18.7. The molecule has 6 heteroatoms. The fourth-order valence-electron chi connectivity index (χ4n) is 3.41. The van der Waals surface area contributed by atoms with Gasteiger partial charge in [0, 0.05) is 49.6 Å². The van der Waals surface area contributed by atoms with E-state index in [1.807, 2.05) is 31.2 Å². The van der Waals surface area contributed by atoms with E-state index in [2.05, 4.69) is 50.4 Å². The standard InChI is InChI=1S/C22H24ClN5/c1-17-7-8-19(23)15-20(17)25-22-24-10-9-21(26-22)28-13-11-27(12-14-28)16-18-5-3-2-4-6-18/h2-10,15H,11-14,16H2,1H3,(H,24,25,26). The highest BCUT2D eigenvalue weighted by Gasteiger charge is 2.18. The van der Waals surface area contributed by atoms with Gasteiger partial charge in [0.1, 0.15) is 5.82 Å². The van der Waals surface area contributed by atoms with Gasteiger partial charge in [0.15, 0.2) is 0 Å². The van der Waals surface area contributed by atoms with Gasteiger partial charge in [-0.25, -0.2) is 4.98 Å². The molecule has 2 aromatic carbocycles. The summed E-state index contributed by atoms with van der Waals surface area (Å²) in [5.74, 6) is 1.55. The molecule has 0 radical (unpaired) electrons. The molecule has 0 aliphatic carbocycles. The van der Waals surface area contributed by atoms with Gasteiger partial charge in [-0.15, -0.1) is 0 Å². The molecule has 0 amide bonds. The maximum atomic E-state index is 6.11. The smallest absolute Gasteiger partial charge is 0.229 e. The number of aromatic nitrogens is 2. The molecule has 1 aromatic heterocycles. The van der Waals surface area contributed by atoms with E-state index < -0.39 is 0 Å². The lowest BCUT2D eigenvalue weighted by molar-refractivity contribution is 0.249. The number of benzene rings is 2. The summed E-state index contributed by atoms with van der Waals surface area (Å²) >= 11 is 6.11. The summed E-state index contributed by atoms with van der Waals surface area (Å²) in [5, 5.41) is 3.98. The van der Waals surface area contributed by atoms with Gasteiger partial charge >= 0.3 is 0 Å². The van der Waals surface area contributed by atoms with Crippen molar-refractivity contribution in [3.63, 3.8) is 0 Å². The number of nitrogens with one attached hydrogen (secondary N) is 1. The van der Waals surface area contributed by atoms with Gasteiger partial charge in [0.2, 0.25) is 5.95 Å². The fraction of sp³-hybridized carbons (Fsp3) is 0.273. The molecule has 0 saturated carbocycles. The summed E-state index contributed by atoms with van der Waals surface area (Å²) in [5.41, 5.74) is 3.40. The average Bonchev–Trinajstić information content (AvgIpc) is 2.72. The van der Waals surface area contributed by atoms with Crippen molar-refractivity contribution in [3.8, 4) is 0 Å². The minimum absolute atomic E-state index is 0.592. The van der Waals surface area contributed by atoms with Crippen LogP contribution in [-0.4, -0.2) is 41.0 Å². The second-order valence-corrected chi connectivity index (χ2v) is 7.51. The van der Waals surface area contributed by atoms with Crippen LogP contribution in [0.25, 0.3) is 0 Å². The molecule has 1 saturated heterocycles. The lowest BCUT2D eigenvalue weighted by Crippen LogP contribution is -2.46. The van der Waals surface area contributed by atoms with Crippen LogP contribution in [0.15, 0.2) is 60.8 Å². The molecule has 28 heavy (non-hydrogen) atoms. The first-order valence-electron chi connectivity index (χ1n) is 9.55. The molecule has 0 bridgehead atoms. The summed E-state index contributed by atoms with van der Waals surface area (Å²) in [7, 11) is 0. The Hall–Kier alpha value is -2.63. The molecule has 2 heterocycles. The Morgan fingerprint density at radius 3 is 2.57 bits per heavy atom. The minimum Gasteiger partial charge on any atom is -0.354 e. The summed E-state index contributed by atoms with van der Waals surface area (Å²) < 4.78 is 0. The van der Waals surface area contributed by atoms with Crippen LogP contribution < -0.4 is 10.2 Å². The Morgan fingerprint density at radius 2 is 1.79 bits per heavy atom. The number of aryl methyl sites for hydroxylation is 1. The lowest BCUT2D eigenvalue weighted by atomic mass is 10.2. The third kappa shape index (κ3) is 4.61. The number of anilines is 3. The van der Waals surface area contributed by atoms with Gasteiger partial charge < -0.3 is 10.2 Å². The summed E-state index contributed by atoms with van der Waals surface area (Å²) in [6.07, 6.45) is 1.81. The van der Waals surface area contributed by atoms with Crippen molar-refractivity contribution in [2.75, 3.05) is 36.4 Å². The molecule has 5 nitrogen and oxygen atoms in total. The predicted molar refractivity (Wildman–Crippen MR) is 115 cm³/mol. The van der Waals surface area contributed by atoms with Crippen molar-refractivity contribution in [3.05, 3.63) is 76.9 Å². The molecule has 144 valence electrons. The number of rotatable bonds is 5. The normalized spacial score (nSPS) is 14.9. The van der Waals surface area contributed by atoms with E-state index in [-0.39, 0.29) is 0 Å². The Balaban J connectivity index is 1.39. The van der Waals surface area contributed by atoms with Crippen LogP contribution in [0.4, 0.5) is 17.5 Å². The second kappa shape index (κ2) is 8.59. The SMILES string of the molecule is Cc1ccc(Cl)cc1Nc1nccc(N2CCN(Cc3ccccc3)CC2)n1. The monoisotopic (exact) mass is 393 g/mol. The van der Waals surface area contributed by atoms with Crippen LogP contribution in [0.2, 0.25) is 5.02 Å². The second-order valence-electron chi connectivity index (χ2n) is 7.07. The first-order chi connectivity index (χ1) is 13.7. The Bertz CT molecular complexity index is 923. The molecule has 1 N–H and O–H groups in total. The molecule has 0 spiro atoms. The van der Waals surface area contributed by atoms with Crippen molar-refractivity contribution in [2.45, 2.75) is 13.5 Å². The highest BCUT2D eigenvalue weighted by Crippen LogP contribution is 2.24. The van der Waals surface area contributed by atoms with E-state index in [1.54, 1.807) is 6.20 Å². The number of hydrogen-bond acceptors (Lipinski definition) is 5. The van der Waals surface area contributed by atoms with Gasteiger partial charge in [-0.05, 0) is 36.2 Å². The zero-order chi connectivity index (χ0) is 19.3. The third-order valence-electron chi connectivity index (χ3n) is 5.03. The molecular weight excluding hydrogens is 370 g/mol. The molecule has 3 aromatic rings. The highest BCUT2D eigenvalue weighted by atomic mass is 35.5. The minimum atomic E-state index is 0.592. The van der Waals surface area contributed by atoms with Crippen LogP contribution in [0, 0.1) is 6.92 Å². The zero-order valence-electron chi connectivity index (χ0n) is 16.0. The van der Waals surface area contributed by atoms with E-state index >= 15 is 0 Å². The Labute approximate surface area is 171 Å². The van der Waals surface area contributed by atoms with Gasteiger partial charge in [-0.2, -0.15) is 4.98 Å². The molecule has 0 atom stereocenters. The largest absolute Gasteiger partial charge is 0.354 e. The van der Waals surface area contributed by atoms with E-state index in [0.29, 0.717) is 11.0 Å². The number of nitrogens with zero attached hydrogens (tertiary/aromatic N) is 4. The van der Waals surface area contributed by atoms with E-state index in [0.717, 1.165) is 49.8 Å². The molecule has 1 aliphatic heterocycles. The van der Waals surface area contributed by atoms with Crippen molar-refractivity contribution in [1.29, 1.82) is 0 Å². The van der Waals surface area contributed by atoms with Crippen molar-refractivity contribution < 1.29 is 0 Å². The molecule has 1 aliphatic rings. The van der Waals surface area contributed by atoms with Gasteiger partial charge in [-0.1, -0.05) is 48.0 Å². The highest BCUT2D eigenvalue weighted by molar-refractivity contribution is 6.30. The maximum absolute atomic E-state index is 6.11. The molecule has 1 fully saturated rings. The van der Waals surface area contributed by atoms with Crippen LogP contribution in [0.1, 0.15) is 11.1 Å². The number of piperazine rings is 1.